The summed E-state index contributed by atoms with van der Waals surface area (Å²) in [5, 5.41) is 10.7. The van der Waals surface area contributed by atoms with Crippen LogP contribution in [0.5, 0.6) is 0 Å². The summed E-state index contributed by atoms with van der Waals surface area (Å²) in [6.45, 7) is 1.91. The zero-order valence-electron chi connectivity index (χ0n) is 12.3. The topological polar surface area (TPSA) is 83.8 Å². The summed E-state index contributed by atoms with van der Waals surface area (Å²) in [5.74, 6) is -0.137. The van der Waals surface area contributed by atoms with Crippen molar-refractivity contribution in [3.63, 3.8) is 0 Å². The van der Waals surface area contributed by atoms with Gasteiger partial charge in [0, 0.05) is 23.0 Å². The number of amides is 1. The van der Waals surface area contributed by atoms with E-state index >= 15 is 0 Å². The van der Waals surface area contributed by atoms with Gasteiger partial charge >= 0.3 is 0 Å². The van der Waals surface area contributed by atoms with Crippen LogP contribution in [-0.4, -0.2) is 22.1 Å². The molecule has 0 fully saturated rings. The van der Waals surface area contributed by atoms with Gasteiger partial charge < -0.3 is 11.1 Å². The molecular weight excluding hydrogens is 276 g/mol. The second-order valence-electron chi connectivity index (χ2n) is 5.37. The van der Waals surface area contributed by atoms with E-state index in [0.29, 0.717) is 5.56 Å². The van der Waals surface area contributed by atoms with Crippen molar-refractivity contribution in [1.82, 2.24) is 15.5 Å². The second kappa shape index (κ2) is 5.99. The lowest BCUT2D eigenvalue weighted by atomic mass is 10.0. The largest absolute Gasteiger partial charge is 0.348 e. The highest BCUT2D eigenvalue weighted by Gasteiger charge is 2.17. The summed E-state index contributed by atoms with van der Waals surface area (Å²) >= 11 is 0. The number of hydrogen-bond donors (Lipinski definition) is 3. The van der Waals surface area contributed by atoms with Gasteiger partial charge in [0.15, 0.2) is 0 Å². The maximum Gasteiger partial charge on any atom is 0.251 e. The number of H-pyrrole nitrogens is 1. The Kier molecular flexibility index (Phi) is 3.89. The maximum atomic E-state index is 12.4. The number of aromatic amines is 1. The first-order chi connectivity index (χ1) is 10.6. The lowest BCUT2D eigenvalue weighted by Gasteiger charge is -2.21. The number of aromatic nitrogens is 2. The Morgan fingerprint density at radius 1 is 1.23 bits per heavy atom. The molecule has 5 nitrogen and oxygen atoms in total. The van der Waals surface area contributed by atoms with Crippen molar-refractivity contribution in [2.45, 2.75) is 19.0 Å². The van der Waals surface area contributed by atoms with Crippen LogP contribution < -0.4 is 11.1 Å². The third-order valence-electron chi connectivity index (χ3n) is 3.78. The van der Waals surface area contributed by atoms with Crippen LogP contribution >= 0.6 is 0 Å². The summed E-state index contributed by atoms with van der Waals surface area (Å²) in [5.41, 5.74) is 8.72. The molecule has 4 N–H and O–H groups in total. The third-order valence-corrected chi connectivity index (χ3v) is 3.78. The van der Waals surface area contributed by atoms with E-state index in [1.165, 1.54) is 0 Å². The van der Waals surface area contributed by atoms with Gasteiger partial charge in [-0.25, -0.2) is 0 Å². The number of nitrogens with zero attached hydrogens (tertiary/aromatic N) is 1. The molecule has 1 aromatic heterocycles. The summed E-state index contributed by atoms with van der Waals surface area (Å²) < 4.78 is 0. The summed E-state index contributed by atoms with van der Waals surface area (Å²) in [6.07, 6.45) is 1.70. The van der Waals surface area contributed by atoms with Crippen LogP contribution in [-0.2, 0) is 0 Å². The minimum atomic E-state index is -0.247. The lowest BCUT2D eigenvalue weighted by Crippen LogP contribution is -2.40. The molecule has 0 aliphatic heterocycles. The van der Waals surface area contributed by atoms with Crippen molar-refractivity contribution in [3.05, 3.63) is 65.9 Å². The molecule has 0 aliphatic rings. The second-order valence-corrected chi connectivity index (χ2v) is 5.37. The van der Waals surface area contributed by atoms with Gasteiger partial charge in [0.05, 0.1) is 11.7 Å². The quantitative estimate of drug-likeness (QED) is 0.690. The first kappa shape index (κ1) is 14.3. The van der Waals surface area contributed by atoms with Crippen LogP contribution in [0.25, 0.3) is 10.9 Å². The van der Waals surface area contributed by atoms with Crippen LogP contribution in [0.3, 0.4) is 0 Å². The van der Waals surface area contributed by atoms with Crippen molar-refractivity contribution < 1.29 is 4.79 Å². The Labute approximate surface area is 128 Å². The monoisotopic (exact) mass is 294 g/mol. The van der Waals surface area contributed by atoms with E-state index < -0.39 is 0 Å². The Balaban J connectivity index is 1.72. The third kappa shape index (κ3) is 2.84. The van der Waals surface area contributed by atoms with Gasteiger partial charge in [0.25, 0.3) is 5.91 Å². The average Bonchev–Trinajstić information content (AvgIpc) is 3.02. The first-order valence-corrected chi connectivity index (χ1v) is 7.19. The molecule has 1 amide bonds. The van der Waals surface area contributed by atoms with Crippen molar-refractivity contribution >= 4 is 16.8 Å². The van der Waals surface area contributed by atoms with Gasteiger partial charge in [-0.15, -0.1) is 0 Å². The lowest BCUT2D eigenvalue weighted by molar-refractivity contribution is 0.0935. The van der Waals surface area contributed by atoms with E-state index in [4.69, 9.17) is 5.73 Å². The molecule has 1 heterocycles. The molecule has 0 aliphatic carbocycles. The van der Waals surface area contributed by atoms with Crippen LogP contribution in [0.4, 0.5) is 0 Å². The summed E-state index contributed by atoms with van der Waals surface area (Å²) in [4.78, 5) is 12.4. The molecule has 22 heavy (non-hydrogen) atoms. The smallest absolute Gasteiger partial charge is 0.251 e. The van der Waals surface area contributed by atoms with E-state index in [-0.39, 0.29) is 18.0 Å². The molecular formula is C17H18N4O. The normalized spacial score (nSPS) is 13.7. The fraction of sp³-hybridized carbons (Fsp3) is 0.176. The molecule has 0 bridgehead atoms. The van der Waals surface area contributed by atoms with Crippen LogP contribution in [0.15, 0.2) is 54.7 Å². The highest BCUT2D eigenvalue weighted by Crippen LogP contribution is 2.16. The highest BCUT2D eigenvalue weighted by molar-refractivity contribution is 5.98. The van der Waals surface area contributed by atoms with Crippen molar-refractivity contribution in [2.75, 3.05) is 0 Å². The molecule has 2 atom stereocenters. The molecule has 5 heteroatoms. The average molecular weight is 294 g/mol. The number of nitrogens with two attached hydrogens (primary N) is 1. The van der Waals surface area contributed by atoms with E-state index in [1.807, 2.05) is 49.4 Å². The van der Waals surface area contributed by atoms with Crippen molar-refractivity contribution in [3.8, 4) is 0 Å². The predicted molar refractivity (Wildman–Crippen MR) is 86.4 cm³/mol. The number of carbonyl (C=O) groups excluding carboxylic acids is 1. The number of hydrogen-bond acceptors (Lipinski definition) is 3. The van der Waals surface area contributed by atoms with Gasteiger partial charge in [-0.05, 0) is 30.7 Å². The maximum absolute atomic E-state index is 12.4. The molecule has 0 saturated carbocycles. The zero-order chi connectivity index (χ0) is 15.5. The minimum absolute atomic E-state index is 0.137. The van der Waals surface area contributed by atoms with Gasteiger partial charge in [0.2, 0.25) is 0 Å². The Bertz CT molecular complexity index is 781. The predicted octanol–water partition coefficient (Wildman–Crippen LogP) is 2.38. The molecule has 3 aromatic rings. The summed E-state index contributed by atoms with van der Waals surface area (Å²) in [7, 11) is 0. The summed E-state index contributed by atoms with van der Waals surface area (Å²) in [6, 6.07) is 14.8. The number of nitrogens with one attached hydrogen (secondary N) is 2. The van der Waals surface area contributed by atoms with Crippen LogP contribution in [0.1, 0.15) is 28.9 Å². The number of fused-ring (bicyclic) bond motifs is 1. The van der Waals surface area contributed by atoms with Gasteiger partial charge in [0.1, 0.15) is 0 Å². The van der Waals surface area contributed by atoms with E-state index in [9.17, 15) is 4.79 Å². The number of benzene rings is 2. The van der Waals surface area contributed by atoms with Gasteiger partial charge in [-0.3, -0.25) is 9.89 Å². The minimum Gasteiger partial charge on any atom is -0.348 e. The Morgan fingerprint density at radius 3 is 2.77 bits per heavy atom. The van der Waals surface area contributed by atoms with E-state index in [2.05, 4.69) is 15.5 Å². The highest BCUT2D eigenvalue weighted by atomic mass is 16.1. The molecule has 0 radical (unpaired) electrons. The molecule has 112 valence electrons. The standard InChI is InChI=1S/C17H18N4O/c1-11(16(18)12-5-3-2-4-6-12)20-17(22)13-7-8-15-14(9-13)10-19-21-15/h2-11,16H,18H2,1H3,(H,19,21)(H,20,22). The van der Waals surface area contributed by atoms with E-state index in [0.717, 1.165) is 16.5 Å². The zero-order valence-corrected chi connectivity index (χ0v) is 12.3. The SMILES string of the molecule is CC(NC(=O)c1ccc2[nH]ncc2c1)C(N)c1ccccc1. The number of rotatable bonds is 4. The Morgan fingerprint density at radius 2 is 2.00 bits per heavy atom. The fourth-order valence-electron chi connectivity index (χ4n) is 2.43. The van der Waals surface area contributed by atoms with Crippen molar-refractivity contribution in [1.29, 1.82) is 0 Å². The van der Waals surface area contributed by atoms with Crippen LogP contribution in [0, 0.1) is 0 Å². The van der Waals surface area contributed by atoms with Gasteiger partial charge in [-0.1, -0.05) is 30.3 Å². The van der Waals surface area contributed by atoms with E-state index in [1.54, 1.807) is 12.3 Å². The van der Waals surface area contributed by atoms with Crippen molar-refractivity contribution in [2.24, 2.45) is 5.73 Å². The van der Waals surface area contributed by atoms with Crippen LogP contribution in [0.2, 0.25) is 0 Å². The molecule has 3 rings (SSSR count). The Hall–Kier alpha value is -2.66. The number of carbonyl (C=O) groups is 1. The molecule has 2 unspecified atom stereocenters. The van der Waals surface area contributed by atoms with Gasteiger partial charge in [-0.2, -0.15) is 5.10 Å². The molecule has 0 saturated heterocycles. The fourth-order valence-corrected chi connectivity index (χ4v) is 2.43. The molecule has 0 spiro atoms. The first-order valence-electron chi connectivity index (χ1n) is 7.19. The molecule has 2 aromatic carbocycles.